The monoisotopic (exact) mass is 396 g/mol. The molecule has 0 aliphatic carbocycles. The van der Waals surface area contributed by atoms with Gasteiger partial charge in [0.1, 0.15) is 5.69 Å². The first-order valence-electron chi connectivity index (χ1n) is 9.99. The Hall–Kier alpha value is -3.09. The Labute approximate surface area is 172 Å². The van der Waals surface area contributed by atoms with Gasteiger partial charge in [-0.15, -0.1) is 0 Å². The molecule has 1 aromatic heterocycles. The second-order valence-corrected chi connectivity index (χ2v) is 6.93. The zero-order valence-corrected chi connectivity index (χ0v) is 17.8. The highest BCUT2D eigenvalue weighted by Gasteiger charge is 2.24. The molecule has 1 atom stereocenters. The van der Waals surface area contributed by atoms with Crippen LogP contribution in [0.15, 0.2) is 40.3 Å². The number of para-hydroxylation sites is 1. The van der Waals surface area contributed by atoms with E-state index in [1.54, 1.807) is 11.6 Å². The minimum atomic E-state index is 0.0819. The maximum atomic E-state index is 11.1. The largest absolute Gasteiger partial charge is 0.493 e. The Morgan fingerprint density at radius 2 is 2.03 bits per heavy atom. The number of allylic oxidation sites excluding steroid dienone is 1. The van der Waals surface area contributed by atoms with Gasteiger partial charge in [0, 0.05) is 19.5 Å². The van der Waals surface area contributed by atoms with Crippen LogP contribution >= 0.6 is 0 Å². The third kappa shape index (κ3) is 5.25. The Morgan fingerprint density at radius 1 is 1.31 bits per heavy atom. The van der Waals surface area contributed by atoms with Crippen molar-refractivity contribution >= 4 is 17.7 Å². The number of nitrogens with two attached hydrogens (primary N) is 2. The number of nitrogens with zero attached hydrogens (tertiary/aromatic N) is 4. The lowest BCUT2D eigenvalue weighted by atomic mass is 10.1. The Balaban J connectivity index is 2.58. The summed E-state index contributed by atoms with van der Waals surface area (Å²) in [5.74, 6) is 1.03. The summed E-state index contributed by atoms with van der Waals surface area (Å²) < 4.78 is 1.81. The molecule has 7 heteroatoms. The minimum Gasteiger partial charge on any atom is -0.493 e. The number of aliphatic imine (C=N–C) groups is 2. The van der Waals surface area contributed by atoms with Gasteiger partial charge < -0.3 is 16.6 Å². The second kappa shape index (κ2) is 10.5. The average molecular weight is 397 g/mol. The summed E-state index contributed by atoms with van der Waals surface area (Å²) in [4.78, 5) is 13.3. The van der Waals surface area contributed by atoms with Crippen LogP contribution in [0.25, 0.3) is 11.8 Å². The maximum Gasteiger partial charge on any atom is 0.220 e. The van der Waals surface area contributed by atoms with Crippen molar-refractivity contribution in [1.29, 1.82) is 0 Å². The summed E-state index contributed by atoms with van der Waals surface area (Å²) in [6.45, 7) is 6.64. The molecule has 0 amide bonds. The van der Waals surface area contributed by atoms with Gasteiger partial charge in [0.25, 0.3) is 0 Å². The van der Waals surface area contributed by atoms with Crippen LogP contribution < -0.4 is 11.5 Å². The molecule has 7 nitrogen and oxygen atoms in total. The second-order valence-electron chi connectivity index (χ2n) is 6.93. The molecule has 156 valence electrons. The van der Waals surface area contributed by atoms with E-state index in [-0.39, 0.29) is 17.8 Å². The number of hydrogen-bond donors (Lipinski definition) is 3. The quantitative estimate of drug-likeness (QED) is 0.341. The van der Waals surface area contributed by atoms with Gasteiger partial charge in [0.2, 0.25) is 5.88 Å². The van der Waals surface area contributed by atoms with Crippen molar-refractivity contribution in [3.8, 4) is 11.6 Å². The lowest BCUT2D eigenvalue weighted by Gasteiger charge is -2.13. The standard InChI is InChI=1S/C22H32N6O/c1-5-10-16-11-7-8-13-18(16)28-20(27-19(21(28)29)15(3)6-2)17(25-4)12-9-14-26-22(23)24/h5,7-8,10-11,13,15,29H,6,9,12,14H2,1-4H3,(H4,23,24,26)/b10-5-,25-17?. The van der Waals surface area contributed by atoms with E-state index in [0.717, 1.165) is 29.8 Å². The molecule has 0 spiro atoms. The van der Waals surface area contributed by atoms with E-state index in [1.165, 1.54) is 0 Å². The van der Waals surface area contributed by atoms with Crippen LogP contribution in [0.2, 0.25) is 0 Å². The molecule has 0 saturated carbocycles. The SMILES string of the molecule is C/C=C\c1ccccc1-n1c(C(CCCN=C(N)N)=NC)nc(C(C)CC)c1O. The van der Waals surface area contributed by atoms with Crippen LogP contribution in [0, 0.1) is 0 Å². The average Bonchev–Trinajstić information content (AvgIpc) is 3.05. The lowest BCUT2D eigenvalue weighted by Crippen LogP contribution is -2.23. The van der Waals surface area contributed by atoms with Crippen LogP contribution in [0.1, 0.15) is 63.0 Å². The zero-order chi connectivity index (χ0) is 21.4. The minimum absolute atomic E-state index is 0.0819. The predicted octanol–water partition coefficient (Wildman–Crippen LogP) is 3.60. The molecule has 0 fully saturated rings. The molecule has 1 heterocycles. The highest BCUT2D eigenvalue weighted by atomic mass is 16.3. The third-order valence-corrected chi connectivity index (χ3v) is 4.88. The van der Waals surface area contributed by atoms with Crippen LogP contribution in [0.3, 0.4) is 0 Å². The Kier molecular flexibility index (Phi) is 8.00. The number of aromatic nitrogens is 2. The molecule has 0 aliphatic rings. The van der Waals surface area contributed by atoms with Crippen molar-refractivity contribution < 1.29 is 5.11 Å². The molecular weight excluding hydrogens is 364 g/mol. The maximum absolute atomic E-state index is 11.1. The van der Waals surface area contributed by atoms with Crippen molar-refractivity contribution in [3.63, 3.8) is 0 Å². The van der Waals surface area contributed by atoms with Gasteiger partial charge in [-0.1, -0.05) is 44.2 Å². The van der Waals surface area contributed by atoms with Gasteiger partial charge in [-0.3, -0.25) is 14.6 Å². The van der Waals surface area contributed by atoms with Crippen molar-refractivity contribution in [2.75, 3.05) is 13.6 Å². The molecule has 0 radical (unpaired) electrons. The number of rotatable bonds is 9. The van der Waals surface area contributed by atoms with Crippen LogP contribution in [0.5, 0.6) is 5.88 Å². The van der Waals surface area contributed by atoms with E-state index < -0.39 is 0 Å². The topological polar surface area (TPSA) is 115 Å². The molecule has 2 rings (SSSR count). The highest BCUT2D eigenvalue weighted by molar-refractivity contribution is 5.98. The van der Waals surface area contributed by atoms with Crippen LogP contribution in [-0.2, 0) is 0 Å². The molecule has 1 aromatic carbocycles. The fourth-order valence-corrected chi connectivity index (χ4v) is 3.16. The Bertz CT molecular complexity index is 906. The van der Waals surface area contributed by atoms with E-state index in [0.29, 0.717) is 24.5 Å². The highest BCUT2D eigenvalue weighted by Crippen LogP contribution is 2.33. The van der Waals surface area contributed by atoms with Crippen molar-refractivity contribution in [3.05, 3.63) is 47.4 Å². The first-order chi connectivity index (χ1) is 13.9. The predicted molar refractivity (Wildman–Crippen MR) is 121 cm³/mol. The molecule has 29 heavy (non-hydrogen) atoms. The lowest BCUT2D eigenvalue weighted by molar-refractivity contribution is 0.430. The van der Waals surface area contributed by atoms with E-state index in [9.17, 15) is 5.11 Å². The van der Waals surface area contributed by atoms with Gasteiger partial charge >= 0.3 is 0 Å². The normalized spacial score (nSPS) is 13.0. The summed E-state index contributed by atoms with van der Waals surface area (Å²) in [6.07, 6.45) is 6.25. The first-order valence-corrected chi connectivity index (χ1v) is 9.99. The fraction of sp³-hybridized carbons (Fsp3) is 0.409. The summed E-state index contributed by atoms with van der Waals surface area (Å²) >= 11 is 0. The molecule has 5 N–H and O–H groups in total. The summed E-state index contributed by atoms with van der Waals surface area (Å²) in [5, 5.41) is 11.1. The first kappa shape index (κ1) is 22.2. The van der Waals surface area contributed by atoms with Crippen molar-refractivity contribution in [1.82, 2.24) is 9.55 Å². The van der Waals surface area contributed by atoms with E-state index in [1.807, 2.05) is 43.3 Å². The van der Waals surface area contributed by atoms with Gasteiger partial charge in [0.15, 0.2) is 11.8 Å². The van der Waals surface area contributed by atoms with E-state index in [2.05, 4.69) is 23.8 Å². The van der Waals surface area contributed by atoms with Gasteiger partial charge in [-0.2, -0.15) is 0 Å². The van der Waals surface area contributed by atoms with Gasteiger partial charge in [0.05, 0.1) is 11.4 Å². The third-order valence-electron chi connectivity index (χ3n) is 4.88. The zero-order valence-electron chi connectivity index (χ0n) is 17.8. The molecule has 0 bridgehead atoms. The Morgan fingerprint density at radius 3 is 2.66 bits per heavy atom. The molecule has 0 aliphatic heterocycles. The van der Waals surface area contributed by atoms with Crippen LogP contribution in [-0.4, -0.2) is 39.9 Å². The number of guanidine groups is 1. The van der Waals surface area contributed by atoms with E-state index >= 15 is 0 Å². The van der Waals surface area contributed by atoms with E-state index in [4.69, 9.17) is 16.5 Å². The smallest absolute Gasteiger partial charge is 0.220 e. The fourth-order valence-electron chi connectivity index (χ4n) is 3.16. The molecular formula is C22H32N6O. The number of imidazole rings is 1. The molecule has 2 aromatic rings. The summed E-state index contributed by atoms with van der Waals surface area (Å²) in [7, 11) is 1.74. The molecule has 1 unspecified atom stereocenters. The van der Waals surface area contributed by atoms with Crippen molar-refractivity contribution in [2.45, 2.75) is 46.0 Å². The molecule has 0 saturated heterocycles. The number of aromatic hydroxyl groups is 1. The summed E-state index contributed by atoms with van der Waals surface area (Å²) in [5.41, 5.74) is 14.2. The van der Waals surface area contributed by atoms with Gasteiger partial charge in [-0.25, -0.2) is 4.98 Å². The van der Waals surface area contributed by atoms with Gasteiger partial charge in [-0.05, 0) is 37.8 Å². The number of benzene rings is 1. The number of hydrogen-bond acceptors (Lipinski definition) is 4. The van der Waals surface area contributed by atoms with Crippen molar-refractivity contribution in [2.24, 2.45) is 21.5 Å². The van der Waals surface area contributed by atoms with Crippen LogP contribution in [0.4, 0.5) is 0 Å². The summed E-state index contributed by atoms with van der Waals surface area (Å²) in [6, 6.07) is 7.93.